The van der Waals surface area contributed by atoms with Gasteiger partial charge in [0, 0.05) is 6.54 Å². The number of hydrogen-bond donors (Lipinski definition) is 2. The van der Waals surface area contributed by atoms with Crippen LogP contribution in [0.4, 0.5) is 5.95 Å². The van der Waals surface area contributed by atoms with Gasteiger partial charge in [-0.2, -0.15) is 0 Å². The number of nitrogens with zero attached hydrogens (tertiary/aromatic N) is 2. The predicted octanol–water partition coefficient (Wildman–Crippen LogP) is 3.39. The quantitative estimate of drug-likeness (QED) is 0.721. The van der Waals surface area contributed by atoms with E-state index in [9.17, 15) is 4.79 Å². The molecule has 6 nitrogen and oxygen atoms in total. The molecular formula is C20H23ClN4O2. The molecule has 1 aliphatic heterocycles. The first-order chi connectivity index (χ1) is 12.8. The highest BCUT2D eigenvalue weighted by Crippen LogP contribution is 2.30. The van der Waals surface area contributed by atoms with E-state index in [2.05, 4.69) is 15.6 Å². The number of nitrogens with one attached hydrogen (secondary N) is 2. The minimum Gasteiger partial charge on any atom is -0.495 e. The number of para-hydroxylation sites is 4. The summed E-state index contributed by atoms with van der Waals surface area (Å²) in [5.74, 6) is 1.22. The van der Waals surface area contributed by atoms with E-state index in [0.717, 1.165) is 41.9 Å². The number of halogens is 1. The standard InChI is InChI=1S/C20H22N4O2.ClH/c1-26-18-11-5-4-10-17(18)24-16-9-3-2-8-15(16)22-20(24)23-19(25)14-7-6-12-21-13-14;/h2-5,8-11,14,21H,6-7,12-13H2,1H3,(H,22,23,25);1H. The predicted molar refractivity (Wildman–Crippen MR) is 109 cm³/mol. The molecule has 4 rings (SSSR count). The summed E-state index contributed by atoms with van der Waals surface area (Å²) in [5, 5.41) is 6.32. The van der Waals surface area contributed by atoms with Crippen LogP contribution < -0.4 is 15.4 Å². The molecule has 2 N–H and O–H groups in total. The molecule has 1 aliphatic rings. The maximum atomic E-state index is 12.7. The third-order valence-electron chi connectivity index (χ3n) is 4.79. The van der Waals surface area contributed by atoms with Crippen molar-refractivity contribution in [1.82, 2.24) is 14.9 Å². The number of piperidine rings is 1. The summed E-state index contributed by atoms with van der Waals surface area (Å²) < 4.78 is 7.47. The van der Waals surface area contributed by atoms with Crippen LogP contribution >= 0.6 is 12.4 Å². The zero-order valence-electron chi connectivity index (χ0n) is 15.1. The van der Waals surface area contributed by atoms with Gasteiger partial charge in [-0.15, -0.1) is 12.4 Å². The number of anilines is 1. The Balaban J connectivity index is 0.00000210. The van der Waals surface area contributed by atoms with Crippen molar-refractivity contribution in [3.63, 3.8) is 0 Å². The monoisotopic (exact) mass is 386 g/mol. The summed E-state index contributed by atoms with van der Waals surface area (Å²) in [7, 11) is 1.64. The van der Waals surface area contributed by atoms with Gasteiger partial charge >= 0.3 is 0 Å². The van der Waals surface area contributed by atoms with Crippen molar-refractivity contribution >= 4 is 35.3 Å². The minimum absolute atomic E-state index is 0. The van der Waals surface area contributed by atoms with Crippen molar-refractivity contribution < 1.29 is 9.53 Å². The van der Waals surface area contributed by atoms with E-state index in [1.54, 1.807) is 7.11 Å². The van der Waals surface area contributed by atoms with Gasteiger partial charge in [0.1, 0.15) is 5.75 Å². The highest BCUT2D eigenvalue weighted by Gasteiger charge is 2.24. The molecule has 1 atom stereocenters. The van der Waals surface area contributed by atoms with Crippen LogP contribution in [0, 0.1) is 5.92 Å². The number of ether oxygens (including phenoxy) is 1. The van der Waals surface area contributed by atoms with Crippen LogP contribution in [-0.4, -0.2) is 35.7 Å². The summed E-state index contributed by atoms with van der Waals surface area (Å²) in [6.45, 7) is 1.68. The Bertz CT molecular complexity index is 935. The largest absolute Gasteiger partial charge is 0.495 e. The van der Waals surface area contributed by atoms with E-state index in [4.69, 9.17) is 4.74 Å². The second kappa shape index (κ2) is 8.41. The van der Waals surface area contributed by atoms with E-state index >= 15 is 0 Å². The van der Waals surface area contributed by atoms with Crippen LogP contribution in [0.5, 0.6) is 5.75 Å². The molecule has 1 aromatic heterocycles. The molecule has 2 aromatic carbocycles. The van der Waals surface area contributed by atoms with Crippen LogP contribution in [0.15, 0.2) is 48.5 Å². The number of amides is 1. The molecule has 0 radical (unpaired) electrons. The molecule has 1 unspecified atom stereocenters. The van der Waals surface area contributed by atoms with Crippen LogP contribution in [0.1, 0.15) is 12.8 Å². The van der Waals surface area contributed by atoms with E-state index in [-0.39, 0.29) is 24.2 Å². The third-order valence-corrected chi connectivity index (χ3v) is 4.79. The molecule has 142 valence electrons. The SMILES string of the molecule is COc1ccccc1-n1c(NC(=O)C2CCCNC2)nc2ccccc21.Cl. The van der Waals surface area contributed by atoms with Gasteiger partial charge in [-0.25, -0.2) is 4.98 Å². The summed E-state index contributed by atoms with van der Waals surface area (Å²) in [4.78, 5) is 17.4. The van der Waals surface area contributed by atoms with Crippen LogP contribution in [0.2, 0.25) is 0 Å². The molecule has 0 saturated carbocycles. The lowest BCUT2D eigenvalue weighted by Gasteiger charge is -2.22. The van der Waals surface area contributed by atoms with Crippen molar-refractivity contribution in [3.05, 3.63) is 48.5 Å². The van der Waals surface area contributed by atoms with Crippen LogP contribution in [0.3, 0.4) is 0 Å². The summed E-state index contributed by atoms with van der Waals surface area (Å²) in [6, 6.07) is 15.6. The van der Waals surface area contributed by atoms with Crippen molar-refractivity contribution in [1.29, 1.82) is 0 Å². The second-order valence-electron chi connectivity index (χ2n) is 6.46. The number of carbonyl (C=O) groups is 1. The molecule has 7 heteroatoms. The van der Waals surface area contributed by atoms with Crippen molar-refractivity contribution in [3.8, 4) is 11.4 Å². The number of rotatable bonds is 4. The zero-order chi connectivity index (χ0) is 17.9. The van der Waals surface area contributed by atoms with E-state index in [0.29, 0.717) is 12.5 Å². The lowest BCUT2D eigenvalue weighted by Crippen LogP contribution is -2.37. The number of benzene rings is 2. The fraction of sp³-hybridized carbons (Fsp3) is 0.300. The van der Waals surface area contributed by atoms with Crippen molar-refractivity contribution in [2.24, 2.45) is 5.92 Å². The van der Waals surface area contributed by atoms with Gasteiger partial charge in [0.25, 0.3) is 0 Å². The number of carbonyl (C=O) groups excluding carboxylic acids is 1. The number of methoxy groups -OCH3 is 1. The van der Waals surface area contributed by atoms with Gasteiger partial charge in [-0.3, -0.25) is 14.7 Å². The summed E-state index contributed by atoms with van der Waals surface area (Å²) >= 11 is 0. The van der Waals surface area contributed by atoms with E-state index in [1.165, 1.54) is 0 Å². The number of hydrogen-bond acceptors (Lipinski definition) is 4. The first-order valence-corrected chi connectivity index (χ1v) is 8.90. The van der Waals surface area contributed by atoms with Crippen LogP contribution in [0.25, 0.3) is 16.7 Å². The van der Waals surface area contributed by atoms with E-state index < -0.39 is 0 Å². The zero-order valence-corrected chi connectivity index (χ0v) is 16.0. The fourth-order valence-electron chi connectivity index (χ4n) is 3.46. The molecule has 0 aliphatic carbocycles. The van der Waals surface area contributed by atoms with Gasteiger partial charge in [0.15, 0.2) is 0 Å². The molecule has 1 amide bonds. The van der Waals surface area contributed by atoms with E-state index in [1.807, 2.05) is 53.1 Å². The van der Waals surface area contributed by atoms with Gasteiger partial charge < -0.3 is 10.1 Å². The number of imidazole rings is 1. The fourth-order valence-corrected chi connectivity index (χ4v) is 3.46. The lowest BCUT2D eigenvalue weighted by atomic mass is 9.99. The Labute approximate surface area is 164 Å². The summed E-state index contributed by atoms with van der Waals surface area (Å²) in [5.41, 5.74) is 2.60. The molecular weight excluding hydrogens is 364 g/mol. The first-order valence-electron chi connectivity index (χ1n) is 8.90. The maximum absolute atomic E-state index is 12.7. The highest BCUT2D eigenvalue weighted by atomic mass is 35.5. The second-order valence-corrected chi connectivity index (χ2v) is 6.46. The van der Waals surface area contributed by atoms with Crippen LogP contribution in [-0.2, 0) is 4.79 Å². The van der Waals surface area contributed by atoms with Gasteiger partial charge in [-0.05, 0) is 43.7 Å². The molecule has 2 heterocycles. The Morgan fingerprint density at radius 1 is 1.22 bits per heavy atom. The number of fused-ring (bicyclic) bond motifs is 1. The van der Waals surface area contributed by atoms with Gasteiger partial charge in [0.05, 0.1) is 29.7 Å². The van der Waals surface area contributed by atoms with Crippen molar-refractivity contribution in [2.75, 3.05) is 25.5 Å². The molecule has 1 fully saturated rings. The smallest absolute Gasteiger partial charge is 0.231 e. The van der Waals surface area contributed by atoms with Gasteiger partial charge in [-0.1, -0.05) is 24.3 Å². The molecule has 3 aromatic rings. The first kappa shape index (κ1) is 19.2. The van der Waals surface area contributed by atoms with Gasteiger partial charge in [0.2, 0.25) is 11.9 Å². The maximum Gasteiger partial charge on any atom is 0.231 e. The normalized spacial score (nSPS) is 16.6. The highest BCUT2D eigenvalue weighted by molar-refractivity contribution is 5.94. The Morgan fingerprint density at radius 3 is 2.78 bits per heavy atom. The molecule has 0 bridgehead atoms. The summed E-state index contributed by atoms with van der Waals surface area (Å²) in [6.07, 6.45) is 1.91. The number of aromatic nitrogens is 2. The Hall–Kier alpha value is -2.57. The topological polar surface area (TPSA) is 68.2 Å². The van der Waals surface area contributed by atoms with Crippen molar-refractivity contribution in [2.45, 2.75) is 12.8 Å². The average Bonchev–Trinajstić information content (AvgIpc) is 3.06. The molecule has 0 spiro atoms. The molecule has 1 saturated heterocycles. The molecule has 27 heavy (non-hydrogen) atoms. The third kappa shape index (κ3) is 3.77. The Kier molecular flexibility index (Phi) is 5.98. The Morgan fingerprint density at radius 2 is 2.00 bits per heavy atom. The lowest BCUT2D eigenvalue weighted by molar-refractivity contribution is -0.120. The minimum atomic E-state index is -0.0327. The average molecular weight is 387 g/mol.